The molecule has 0 atom stereocenters. The van der Waals surface area contributed by atoms with Crippen LogP contribution in [0.1, 0.15) is 32.1 Å². The van der Waals surface area contributed by atoms with Crippen molar-refractivity contribution in [2.45, 2.75) is 32.1 Å². The minimum atomic E-state index is 0.467. The third-order valence-corrected chi connectivity index (χ3v) is 4.63. The number of aliphatic hydroxyl groups is 1. The van der Waals surface area contributed by atoms with Crippen molar-refractivity contribution < 1.29 is 5.11 Å². The molecule has 1 heteroatoms. The summed E-state index contributed by atoms with van der Waals surface area (Å²) in [6, 6.07) is 0. The van der Waals surface area contributed by atoms with Crippen molar-refractivity contribution in [2.24, 2.45) is 29.6 Å². The Labute approximate surface area is 74.2 Å². The summed E-state index contributed by atoms with van der Waals surface area (Å²) in [4.78, 5) is 0. The normalized spacial score (nSPS) is 56.2. The summed E-state index contributed by atoms with van der Waals surface area (Å²) in [5.41, 5.74) is 0. The van der Waals surface area contributed by atoms with E-state index in [-0.39, 0.29) is 0 Å². The van der Waals surface area contributed by atoms with Crippen molar-refractivity contribution >= 4 is 0 Å². The molecule has 0 radical (unpaired) electrons. The molecule has 0 aromatic heterocycles. The van der Waals surface area contributed by atoms with Gasteiger partial charge >= 0.3 is 0 Å². The fraction of sp³-hybridized carbons (Fsp3) is 1.00. The summed E-state index contributed by atoms with van der Waals surface area (Å²) in [5, 5.41) is 9.30. The van der Waals surface area contributed by atoms with Crippen LogP contribution < -0.4 is 0 Å². The maximum atomic E-state index is 9.30. The fourth-order valence-electron chi connectivity index (χ4n) is 4.34. The van der Waals surface area contributed by atoms with Crippen molar-refractivity contribution in [3.05, 3.63) is 0 Å². The highest BCUT2D eigenvalue weighted by Gasteiger charge is 2.47. The molecular weight excluding hydrogens is 148 g/mol. The lowest BCUT2D eigenvalue weighted by atomic mass is 9.52. The molecule has 4 aliphatic rings. The SMILES string of the molecule is OCC1C2CC3CC(C2)CC1C3. The standard InChI is InChI=1S/C11H18O/c12-6-11-9-2-7-1-8(4-9)5-10(11)3-7/h7-12H,1-6H2. The van der Waals surface area contributed by atoms with Gasteiger partial charge in [-0.05, 0) is 61.7 Å². The largest absolute Gasteiger partial charge is 0.396 e. The van der Waals surface area contributed by atoms with Gasteiger partial charge in [-0.2, -0.15) is 0 Å². The number of aliphatic hydroxyl groups excluding tert-OH is 1. The topological polar surface area (TPSA) is 20.2 Å². The van der Waals surface area contributed by atoms with Crippen LogP contribution >= 0.6 is 0 Å². The molecule has 1 N–H and O–H groups in total. The minimum absolute atomic E-state index is 0.467. The van der Waals surface area contributed by atoms with Crippen molar-refractivity contribution in [3.8, 4) is 0 Å². The molecule has 4 rings (SSSR count). The van der Waals surface area contributed by atoms with E-state index in [1.807, 2.05) is 0 Å². The van der Waals surface area contributed by atoms with Crippen molar-refractivity contribution in [3.63, 3.8) is 0 Å². The van der Waals surface area contributed by atoms with E-state index in [2.05, 4.69) is 0 Å². The Balaban J connectivity index is 1.86. The molecule has 4 saturated carbocycles. The van der Waals surface area contributed by atoms with Crippen LogP contribution in [-0.2, 0) is 0 Å². The Morgan fingerprint density at radius 1 is 0.833 bits per heavy atom. The second kappa shape index (κ2) is 2.47. The lowest BCUT2D eigenvalue weighted by Gasteiger charge is -2.54. The number of hydrogen-bond acceptors (Lipinski definition) is 1. The van der Waals surface area contributed by atoms with E-state index in [1.54, 1.807) is 0 Å². The Morgan fingerprint density at radius 2 is 1.33 bits per heavy atom. The van der Waals surface area contributed by atoms with E-state index in [4.69, 9.17) is 0 Å². The smallest absolute Gasteiger partial charge is 0.0464 e. The predicted molar refractivity (Wildman–Crippen MR) is 47.6 cm³/mol. The van der Waals surface area contributed by atoms with Crippen LogP contribution in [0.15, 0.2) is 0 Å². The molecule has 0 aliphatic heterocycles. The Kier molecular flexibility index (Phi) is 1.52. The highest BCUT2D eigenvalue weighted by atomic mass is 16.3. The molecule has 0 aromatic rings. The molecule has 0 saturated heterocycles. The lowest BCUT2D eigenvalue weighted by molar-refractivity contribution is -0.0569. The van der Waals surface area contributed by atoms with Gasteiger partial charge in [0.05, 0.1) is 0 Å². The second-order valence-electron chi connectivity index (χ2n) is 5.28. The van der Waals surface area contributed by atoms with Gasteiger partial charge in [0.25, 0.3) is 0 Å². The summed E-state index contributed by atoms with van der Waals surface area (Å²) in [6.45, 7) is 0.467. The average molecular weight is 166 g/mol. The molecular formula is C11H18O. The van der Waals surface area contributed by atoms with Crippen LogP contribution in [0, 0.1) is 29.6 Å². The first-order valence-electron chi connectivity index (χ1n) is 5.47. The Morgan fingerprint density at radius 3 is 1.75 bits per heavy atom. The number of hydrogen-bond donors (Lipinski definition) is 1. The molecule has 0 aromatic carbocycles. The van der Waals surface area contributed by atoms with Crippen LogP contribution in [0.3, 0.4) is 0 Å². The fourth-order valence-corrected chi connectivity index (χ4v) is 4.34. The first-order valence-corrected chi connectivity index (χ1v) is 5.47. The molecule has 4 fully saturated rings. The van der Waals surface area contributed by atoms with Crippen LogP contribution in [0.2, 0.25) is 0 Å². The molecule has 0 heterocycles. The van der Waals surface area contributed by atoms with E-state index < -0.39 is 0 Å². The molecule has 0 unspecified atom stereocenters. The third-order valence-electron chi connectivity index (χ3n) is 4.63. The van der Waals surface area contributed by atoms with Crippen LogP contribution in [0.25, 0.3) is 0 Å². The quantitative estimate of drug-likeness (QED) is 0.632. The van der Waals surface area contributed by atoms with E-state index in [0.717, 1.165) is 23.7 Å². The minimum Gasteiger partial charge on any atom is -0.396 e. The zero-order valence-electron chi connectivity index (χ0n) is 7.58. The van der Waals surface area contributed by atoms with Crippen molar-refractivity contribution in [1.82, 2.24) is 0 Å². The zero-order valence-corrected chi connectivity index (χ0v) is 7.58. The zero-order chi connectivity index (χ0) is 8.13. The average Bonchev–Trinajstić information content (AvgIpc) is 2.02. The Hall–Kier alpha value is -0.0400. The summed E-state index contributed by atoms with van der Waals surface area (Å²) < 4.78 is 0. The van der Waals surface area contributed by atoms with Gasteiger partial charge in [0.15, 0.2) is 0 Å². The molecule has 0 spiro atoms. The van der Waals surface area contributed by atoms with Crippen LogP contribution in [0.4, 0.5) is 0 Å². The van der Waals surface area contributed by atoms with Crippen molar-refractivity contribution in [2.75, 3.05) is 6.61 Å². The van der Waals surface area contributed by atoms with Gasteiger partial charge in [0, 0.05) is 6.61 Å². The summed E-state index contributed by atoms with van der Waals surface area (Å²) in [7, 11) is 0. The summed E-state index contributed by atoms with van der Waals surface area (Å²) >= 11 is 0. The van der Waals surface area contributed by atoms with Gasteiger partial charge in [0.1, 0.15) is 0 Å². The molecule has 68 valence electrons. The predicted octanol–water partition coefficient (Wildman–Crippen LogP) is 2.05. The number of rotatable bonds is 1. The van der Waals surface area contributed by atoms with E-state index in [1.165, 1.54) is 32.1 Å². The molecule has 0 amide bonds. The first kappa shape index (κ1) is 7.37. The van der Waals surface area contributed by atoms with Gasteiger partial charge in [-0.1, -0.05) is 0 Å². The Bertz CT molecular complexity index is 159. The van der Waals surface area contributed by atoms with Gasteiger partial charge < -0.3 is 5.11 Å². The molecule has 4 aliphatic carbocycles. The maximum Gasteiger partial charge on any atom is 0.0464 e. The summed E-state index contributed by atoms with van der Waals surface area (Å²) in [5.74, 6) is 4.61. The van der Waals surface area contributed by atoms with E-state index >= 15 is 0 Å². The third kappa shape index (κ3) is 0.891. The highest BCUT2D eigenvalue weighted by molar-refractivity contribution is 4.97. The second-order valence-corrected chi connectivity index (χ2v) is 5.28. The molecule has 4 bridgehead atoms. The van der Waals surface area contributed by atoms with Gasteiger partial charge in [-0.25, -0.2) is 0 Å². The lowest BCUT2D eigenvalue weighted by Crippen LogP contribution is -2.46. The monoisotopic (exact) mass is 166 g/mol. The first-order chi connectivity index (χ1) is 5.86. The maximum absolute atomic E-state index is 9.30. The van der Waals surface area contributed by atoms with Crippen LogP contribution in [0.5, 0.6) is 0 Å². The van der Waals surface area contributed by atoms with Gasteiger partial charge in [0.2, 0.25) is 0 Å². The van der Waals surface area contributed by atoms with Gasteiger partial charge in [-0.15, -0.1) is 0 Å². The van der Waals surface area contributed by atoms with E-state index in [9.17, 15) is 5.11 Å². The summed E-state index contributed by atoms with van der Waals surface area (Å²) in [6.07, 6.45) is 7.29. The van der Waals surface area contributed by atoms with Gasteiger partial charge in [-0.3, -0.25) is 0 Å². The highest BCUT2D eigenvalue weighted by Crippen LogP contribution is 2.56. The van der Waals surface area contributed by atoms with E-state index in [0.29, 0.717) is 12.5 Å². The molecule has 1 nitrogen and oxygen atoms in total. The van der Waals surface area contributed by atoms with Crippen molar-refractivity contribution in [1.29, 1.82) is 0 Å². The van der Waals surface area contributed by atoms with Crippen LogP contribution in [-0.4, -0.2) is 11.7 Å². The molecule has 12 heavy (non-hydrogen) atoms.